The number of phenols is 1. The highest BCUT2D eigenvalue weighted by atomic mass is 79.9. The predicted molar refractivity (Wildman–Crippen MR) is 74.5 cm³/mol. The van der Waals surface area contributed by atoms with Gasteiger partial charge in [0.25, 0.3) is 0 Å². The first kappa shape index (κ1) is 13.2. The molecular weight excluding hydrogens is 321 g/mol. The van der Waals surface area contributed by atoms with Crippen LogP contribution in [0.5, 0.6) is 5.75 Å². The van der Waals surface area contributed by atoms with E-state index in [-0.39, 0.29) is 5.75 Å². The summed E-state index contributed by atoms with van der Waals surface area (Å²) in [4.78, 5) is 0. The zero-order valence-electron chi connectivity index (χ0n) is 9.25. The van der Waals surface area contributed by atoms with Crippen molar-refractivity contribution in [2.24, 2.45) is 0 Å². The summed E-state index contributed by atoms with van der Waals surface area (Å²) in [6, 6.07) is 9.56. The minimum atomic E-state index is -0.400. The summed E-state index contributed by atoms with van der Waals surface area (Å²) in [6.07, 6.45) is 0. The number of phenolic OH excluding ortho intramolecular Hbond substituents is 1. The van der Waals surface area contributed by atoms with Gasteiger partial charge in [0.15, 0.2) is 0 Å². The highest BCUT2D eigenvalue weighted by Crippen LogP contribution is 2.28. The van der Waals surface area contributed by atoms with E-state index in [1.807, 2.05) is 6.07 Å². The fourth-order valence-electron chi connectivity index (χ4n) is 1.56. The van der Waals surface area contributed by atoms with E-state index in [9.17, 15) is 9.50 Å². The lowest BCUT2D eigenvalue weighted by atomic mass is 10.2. The van der Waals surface area contributed by atoms with Crippen molar-refractivity contribution >= 4 is 33.2 Å². The number of aromatic hydroxyl groups is 1. The molecule has 0 amide bonds. The van der Waals surface area contributed by atoms with Crippen LogP contribution in [0.3, 0.4) is 0 Å². The number of halogens is 3. The first-order valence-corrected chi connectivity index (χ1v) is 6.39. The molecule has 0 aliphatic heterocycles. The molecule has 0 atom stereocenters. The Bertz CT molecular complexity index is 557. The van der Waals surface area contributed by atoms with Crippen LogP contribution < -0.4 is 5.32 Å². The molecule has 2 aromatic rings. The van der Waals surface area contributed by atoms with E-state index >= 15 is 0 Å². The number of rotatable bonds is 3. The quantitative estimate of drug-likeness (QED) is 0.864. The average Bonchev–Trinajstić information content (AvgIpc) is 2.30. The van der Waals surface area contributed by atoms with Gasteiger partial charge in [0.05, 0.1) is 4.47 Å². The van der Waals surface area contributed by atoms with E-state index in [1.165, 1.54) is 12.1 Å². The number of benzene rings is 2. The van der Waals surface area contributed by atoms with E-state index in [1.54, 1.807) is 18.2 Å². The Morgan fingerprint density at radius 2 is 2.06 bits per heavy atom. The van der Waals surface area contributed by atoms with E-state index < -0.39 is 5.82 Å². The molecule has 0 fully saturated rings. The Labute approximate surface area is 118 Å². The fraction of sp³-hybridized carbons (Fsp3) is 0.0769. The van der Waals surface area contributed by atoms with Gasteiger partial charge in [-0.15, -0.1) is 0 Å². The van der Waals surface area contributed by atoms with Crippen LogP contribution in [0.4, 0.5) is 10.1 Å². The minimum Gasteiger partial charge on any atom is -0.506 e. The highest BCUT2D eigenvalue weighted by Gasteiger charge is 2.05. The van der Waals surface area contributed by atoms with Gasteiger partial charge in [0.2, 0.25) is 0 Å². The van der Waals surface area contributed by atoms with E-state index in [0.29, 0.717) is 27.3 Å². The molecule has 0 unspecified atom stereocenters. The van der Waals surface area contributed by atoms with Crippen molar-refractivity contribution in [2.45, 2.75) is 6.54 Å². The van der Waals surface area contributed by atoms with Crippen LogP contribution in [-0.2, 0) is 6.54 Å². The van der Waals surface area contributed by atoms with Crippen molar-refractivity contribution in [3.63, 3.8) is 0 Å². The summed E-state index contributed by atoms with van der Waals surface area (Å²) in [5.74, 6) is -0.226. The maximum Gasteiger partial charge on any atom is 0.134 e. The first-order chi connectivity index (χ1) is 8.56. The fourth-order valence-corrected chi connectivity index (χ4v) is 2.18. The highest BCUT2D eigenvalue weighted by molar-refractivity contribution is 9.10. The number of anilines is 1. The van der Waals surface area contributed by atoms with Crippen molar-refractivity contribution in [3.05, 3.63) is 57.3 Å². The lowest BCUT2D eigenvalue weighted by Gasteiger charge is -2.09. The van der Waals surface area contributed by atoms with Crippen LogP contribution in [0.15, 0.2) is 40.9 Å². The van der Waals surface area contributed by atoms with Crippen molar-refractivity contribution in [1.82, 2.24) is 0 Å². The van der Waals surface area contributed by atoms with E-state index in [4.69, 9.17) is 11.6 Å². The third-order valence-electron chi connectivity index (χ3n) is 2.42. The molecule has 2 nitrogen and oxygen atoms in total. The summed E-state index contributed by atoms with van der Waals surface area (Å²) in [5, 5.41) is 13.1. The summed E-state index contributed by atoms with van der Waals surface area (Å²) >= 11 is 8.99. The largest absolute Gasteiger partial charge is 0.506 e. The van der Waals surface area contributed by atoms with Crippen molar-refractivity contribution in [1.29, 1.82) is 0 Å². The molecule has 0 aromatic heterocycles. The molecular formula is C13H10BrClFNO. The molecule has 0 saturated heterocycles. The van der Waals surface area contributed by atoms with Crippen LogP contribution in [0.1, 0.15) is 5.56 Å². The van der Waals surface area contributed by atoms with Gasteiger partial charge in [0.1, 0.15) is 11.6 Å². The van der Waals surface area contributed by atoms with Crippen LogP contribution in [-0.4, -0.2) is 5.11 Å². The first-order valence-electron chi connectivity index (χ1n) is 5.22. The number of para-hydroxylation sites is 1. The third-order valence-corrected chi connectivity index (χ3v) is 3.27. The standard InChI is InChI=1S/C13H10BrClFNO/c14-12-3-1-2-8(13(12)18)7-17-11-5-9(15)4-10(16)6-11/h1-6,17-18H,7H2. The van der Waals surface area contributed by atoms with Crippen LogP contribution in [0.2, 0.25) is 5.02 Å². The zero-order valence-corrected chi connectivity index (χ0v) is 11.6. The summed E-state index contributed by atoms with van der Waals surface area (Å²) in [6.45, 7) is 0.380. The molecule has 0 radical (unpaired) electrons. The molecule has 0 spiro atoms. The summed E-state index contributed by atoms with van der Waals surface area (Å²) < 4.78 is 13.7. The maximum absolute atomic E-state index is 13.1. The Morgan fingerprint density at radius 3 is 2.78 bits per heavy atom. The number of hydrogen-bond donors (Lipinski definition) is 2. The smallest absolute Gasteiger partial charge is 0.134 e. The molecule has 5 heteroatoms. The van der Waals surface area contributed by atoms with Gasteiger partial charge in [-0.1, -0.05) is 23.7 Å². The SMILES string of the molecule is Oc1c(Br)cccc1CNc1cc(F)cc(Cl)c1. The van der Waals surface area contributed by atoms with Crippen LogP contribution in [0, 0.1) is 5.82 Å². The van der Waals surface area contributed by atoms with E-state index in [2.05, 4.69) is 21.2 Å². The molecule has 2 aromatic carbocycles. The number of nitrogens with one attached hydrogen (secondary N) is 1. The van der Waals surface area contributed by atoms with Crippen LogP contribution >= 0.6 is 27.5 Å². The topological polar surface area (TPSA) is 32.3 Å². The second kappa shape index (κ2) is 5.59. The van der Waals surface area contributed by atoms with Crippen molar-refractivity contribution in [2.75, 3.05) is 5.32 Å². The minimum absolute atomic E-state index is 0.174. The molecule has 2 N–H and O–H groups in total. The third kappa shape index (κ3) is 3.15. The molecule has 2 rings (SSSR count). The molecule has 0 heterocycles. The lowest BCUT2D eigenvalue weighted by molar-refractivity contribution is 0.465. The second-order valence-corrected chi connectivity index (χ2v) is 5.05. The maximum atomic E-state index is 13.1. The van der Waals surface area contributed by atoms with Crippen molar-refractivity contribution in [3.8, 4) is 5.75 Å². The van der Waals surface area contributed by atoms with Crippen molar-refractivity contribution < 1.29 is 9.50 Å². The normalized spacial score (nSPS) is 10.4. The zero-order chi connectivity index (χ0) is 13.1. The average molecular weight is 331 g/mol. The Hall–Kier alpha value is -1.26. The molecule has 0 bridgehead atoms. The van der Waals surface area contributed by atoms with Gasteiger partial charge in [-0.05, 0) is 40.2 Å². The molecule has 0 aliphatic rings. The monoisotopic (exact) mass is 329 g/mol. The van der Waals surface area contributed by atoms with E-state index in [0.717, 1.165) is 0 Å². The second-order valence-electron chi connectivity index (χ2n) is 3.76. The van der Waals surface area contributed by atoms with Gasteiger partial charge in [0, 0.05) is 22.8 Å². The van der Waals surface area contributed by atoms with Gasteiger partial charge in [-0.25, -0.2) is 4.39 Å². The van der Waals surface area contributed by atoms with Gasteiger partial charge < -0.3 is 10.4 Å². The summed E-state index contributed by atoms with van der Waals surface area (Å²) in [7, 11) is 0. The Balaban J connectivity index is 2.14. The molecule has 18 heavy (non-hydrogen) atoms. The molecule has 94 valence electrons. The van der Waals surface area contributed by atoms with Gasteiger partial charge in [-0.3, -0.25) is 0 Å². The molecule has 0 saturated carbocycles. The Kier molecular flexibility index (Phi) is 4.09. The predicted octanol–water partition coefficient (Wildman–Crippen LogP) is 4.56. The summed E-state index contributed by atoms with van der Waals surface area (Å²) in [5.41, 5.74) is 1.28. The number of hydrogen-bond acceptors (Lipinski definition) is 2. The van der Waals surface area contributed by atoms with Gasteiger partial charge >= 0.3 is 0 Å². The lowest BCUT2D eigenvalue weighted by Crippen LogP contribution is -2.00. The van der Waals surface area contributed by atoms with Gasteiger partial charge in [-0.2, -0.15) is 0 Å². The Morgan fingerprint density at radius 1 is 1.28 bits per heavy atom. The van der Waals surface area contributed by atoms with Crippen LogP contribution in [0.25, 0.3) is 0 Å². The molecule has 0 aliphatic carbocycles.